The van der Waals surface area contributed by atoms with Gasteiger partial charge in [0.2, 0.25) is 0 Å². The highest BCUT2D eigenvalue weighted by molar-refractivity contribution is 5.99. The first kappa shape index (κ1) is 20.7. The van der Waals surface area contributed by atoms with Gasteiger partial charge < -0.3 is 15.4 Å². The maximum Gasteiger partial charge on any atom is 0.323 e. The fraction of sp³-hybridized carbons (Fsp3) is 0.381. The molecule has 0 saturated carbocycles. The largest absolute Gasteiger partial charge is 0.363 e. The molecule has 2 heterocycles. The van der Waals surface area contributed by atoms with Gasteiger partial charge in [0.05, 0.1) is 18.0 Å². The molecule has 1 aromatic heterocycles. The van der Waals surface area contributed by atoms with Crippen LogP contribution < -0.4 is 10.6 Å². The van der Waals surface area contributed by atoms with Gasteiger partial charge in [0.25, 0.3) is 0 Å². The molecular weight excluding hydrogens is 373 g/mol. The topological polar surface area (TPSA) is 90.3 Å². The van der Waals surface area contributed by atoms with Crippen molar-refractivity contribution in [1.29, 1.82) is 5.26 Å². The highest BCUT2D eigenvalue weighted by atomic mass is 19.1. The molecule has 1 saturated heterocycles. The Balaban J connectivity index is 1.60. The Morgan fingerprint density at radius 2 is 2.00 bits per heavy atom. The number of piperidine rings is 1. The highest BCUT2D eigenvalue weighted by Gasteiger charge is 2.34. The third-order valence-electron chi connectivity index (χ3n) is 5.05. The first-order valence-corrected chi connectivity index (χ1v) is 9.40. The number of rotatable bonds is 5. The zero-order chi connectivity index (χ0) is 20.9. The summed E-state index contributed by atoms with van der Waals surface area (Å²) in [7, 11) is 1.56. The van der Waals surface area contributed by atoms with Crippen LogP contribution in [-0.4, -0.2) is 41.7 Å². The zero-order valence-corrected chi connectivity index (χ0v) is 16.5. The number of likely N-dealkylation sites (tertiary alicyclic amines) is 1. The van der Waals surface area contributed by atoms with Gasteiger partial charge in [-0.3, -0.25) is 9.88 Å². The van der Waals surface area contributed by atoms with Gasteiger partial charge in [-0.05, 0) is 42.8 Å². The standard InChI is InChI=1S/C21H24FN5O2/c1-15-3-4-18(12-24-15)25-20(28)26-19-10-16(9-17(22)11-19)13-27-7-5-21(14-23,29-2)6-8-27/h3-4,9-12H,5-8,13H2,1-2H3,(H2,25,26,28). The number of nitrogens with zero attached hydrogens (tertiary/aromatic N) is 3. The molecule has 0 atom stereocenters. The second-order valence-corrected chi connectivity index (χ2v) is 7.20. The zero-order valence-electron chi connectivity index (χ0n) is 16.5. The van der Waals surface area contributed by atoms with Gasteiger partial charge in [0, 0.05) is 51.0 Å². The van der Waals surface area contributed by atoms with E-state index in [1.807, 2.05) is 6.92 Å². The van der Waals surface area contributed by atoms with Gasteiger partial charge in [-0.25, -0.2) is 9.18 Å². The van der Waals surface area contributed by atoms with Crippen LogP contribution in [0.15, 0.2) is 36.5 Å². The van der Waals surface area contributed by atoms with Crippen LogP contribution in [0.25, 0.3) is 0 Å². The minimum atomic E-state index is -0.728. The van der Waals surface area contributed by atoms with Crippen molar-refractivity contribution in [1.82, 2.24) is 9.88 Å². The third kappa shape index (κ3) is 5.50. The Labute approximate surface area is 169 Å². The number of carbonyl (C=O) groups excluding carboxylic acids is 1. The maximum absolute atomic E-state index is 14.1. The number of amides is 2. The van der Waals surface area contributed by atoms with Gasteiger partial charge >= 0.3 is 6.03 Å². The SMILES string of the molecule is COC1(C#N)CCN(Cc2cc(F)cc(NC(=O)Nc3ccc(C)nc3)c2)CC1. The number of hydrogen-bond acceptors (Lipinski definition) is 5. The number of halogens is 1. The summed E-state index contributed by atoms with van der Waals surface area (Å²) in [5, 5.41) is 14.6. The molecule has 0 unspecified atom stereocenters. The average molecular weight is 397 g/mol. The number of urea groups is 1. The van der Waals surface area contributed by atoms with Crippen molar-refractivity contribution in [2.45, 2.75) is 31.9 Å². The van der Waals surface area contributed by atoms with E-state index in [9.17, 15) is 14.4 Å². The number of benzene rings is 1. The smallest absolute Gasteiger partial charge is 0.323 e. The second kappa shape index (κ2) is 8.99. The predicted molar refractivity (Wildman–Crippen MR) is 108 cm³/mol. The number of nitrogens with one attached hydrogen (secondary N) is 2. The summed E-state index contributed by atoms with van der Waals surface area (Å²) in [6.45, 7) is 3.75. The van der Waals surface area contributed by atoms with Crippen LogP contribution in [0.3, 0.4) is 0 Å². The van der Waals surface area contributed by atoms with Crippen molar-refractivity contribution in [3.05, 3.63) is 53.6 Å². The number of aromatic nitrogens is 1. The normalized spacial score (nSPS) is 16.1. The number of carbonyl (C=O) groups is 1. The van der Waals surface area contributed by atoms with Gasteiger partial charge in [-0.1, -0.05) is 0 Å². The Morgan fingerprint density at radius 3 is 2.62 bits per heavy atom. The number of aryl methyl sites for hydroxylation is 1. The fourth-order valence-electron chi connectivity index (χ4n) is 3.34. The molecule has 0 radical (unpaired) electrons. The van der Waals surface area contributed by atoms with Crippen molar-refractivity contribution >= 4 is 17.4 Å². The van der Waals surface area contributed by atoms with E-state index in [0.717, 1.165) is 11.3 Å². The molecule has 8 heteroatoms. The monoisotopic (exact) mass is 397 g/mol. The summed E-state index contributed by atoms with van der Waals surface area (Å²) >= 11 is 0. The molecular formula is C21H24FN5O2. The molecule has 7 nitrogen and oxygen atoms in total. The van der Waals surface area contributed by atoms with Crippen molar-refractivity contribution in [3.63, 3.8) is 0 Å². The summed E-state index contributed by atoms with van der Waals surface area (Å²) in [5.41, 5.74) is 1.80. The van der Waals surface area contributed by atoms with E-state index in [-0.39, 0.29) is 0 Å². The predicted octanol–water partition coefficient (Wildman–Crippen LogP) is 3.68. The number of methoxy groups -OCH3 is 1. The van der Waals surface area contributed by atoms with E-state index in [2.05, 4.69) is 26.6 Å². The van der Waals surface area contributed by atoms with Gasteiger partial charge in [-0.15, -0.1) is 0 Å². The van der Waals surface area contributed by atoms with Crippen molar-refractivity contribution in [3.8, 4) is 6.07 Å². The Morgan fingerprint density at radius 1 is 1.28 bits per heavy atom. The quantitative estimate of drug-likeness (QED) is 0.803. The number of anilines is 2. The fourth-order valence-corrected chi connectivity index (χ4v) is 3.34. The Bertz CT molecular complexity index is 902. The van der Waals surface area contributed by atoms with Crippen molar-refractivity contribution in [2.24, 2.45) is 0 Å². The lowest BCUT2D eigenvalue weighted by atomic mass is 9.92. The second-order valence-electron chi connectivity index (χ2n) is 7.20. The first-order chi connectivity index (χ1) is 13.9. The van der Waals surface area contributed by atoms with E-state index >= 15 is 0 Å². The minimum absolute atomic E-state index is 0.373. The molecule has 0 spiro atoms. The molecule has 0 aliphatic carbocycles. The summed E-state index contributed by atoms with van der Waals surface area (Å²) in [4.78, 5) is 18.5. The lowest BCUT2D eigenvalue weighted by molar-refractivity contribution is -0.0156. The molecule has 1 aliphatic rings. The van der Waals surface area contributed by atoms with Gasteiger partial charge in [0.1, 0.15) is 5.82 Å². The van der Waals surface area contributed by atoms with E-state index in [4.69, 9.17) is 4.74 Å². The number of ether oxygens (including phenoxy) is 1. The molecule has 2 aromatic rings. The molecule has 1 fully saturated rings. The van der Waals surface area contributed by atoms with E-state index < -0.39 is 17.4 Å². The maximum atomic E-state index is 14.1. The van der Waals surface area contributed by atoms with Crippen LogP contribution in [0.5, 0.6) is 0 Å². The lowest BCUT2D eigenvalue weighted by Gasteiger charge is -2.36. The number of nitriles is 1. The van der Waals surface area contributed by atoms with Crippen LogP contribution >= 0.6 is 0 Å². The molecule has 2 amide bonds. The number of hydrogen-bond donors (Lipinski definition) is 2. The molecule has 29 heavy (non-hydrogen) atoms. The Hall–Kier alpha value is -3.02. The molecule has 0 bridgehead atoms. The molecule has 1 aromatic carbocycles. The molecule has 3 rings (SSSR count). The van der Waals surface area contributed by atoms with Gasteiger partial charge in [-0.2, -0.15) is 5.26 Å². The van der Waals surface area contributed by atoms with Crippen LogP contribution in [0.1, 0.15) is 24.1 Å². The lowest BCUT2D eigenvalue weighted by Crippen LogP contribution is -2.44. The summed E-state index contributed by atoms with van der Waals surface area (Å²) < 4.78 is 19.4. The van der Waals surface area contributed by atoms with E-state index in [1.165, 1.54) is 12.1 Å². The highest BCUT2D eigenvalue weighted by Crippen LogP contribution is 2.26. The van der Waals surface area contributed by atoms with Crippen molar-refractivity contribution in [2.75, 3.05) is 30.8 Å². The molecule has 2 N–H and O–H groups in total. The van der Waals surface area contributed by atoms with Crippen molar-refractivity contribution < 1.29 is 13.9 Å². The Kier molecular flexibility index (Phi) is 6.42. The van der Waals surface area contributed by atoms with E-state index in [0.29, 0.717) is 43.9 Å². The third-order valence-corrected chi connectivity index (χ3v) is 5.05. The number of pyridine rings is 1. The molecule has 152 valence electrons. The average Bonchev–Trinajstić information content (AvgIpc) is 2.70. The van der Waals surface area contributed by atoms with Crippen LogP contribution in [0.4, 0.5) is 20.6 Å². The van der Waals surface area contributed by atoms with Gasteiger partial charge in [0.15, 0.2) is 5.60 Å². The van der Waals surface area contributed by atoms with Crippen LogP contribution in [0, 0.1) is 24.1 Å². The first-order valence-electron chi connectivity index (χ1n) is 9.40. The van der Waals surface area contributed by atoms with Crippen LogP contribution in [-0.2, 0) is 11.3 Å². The summed E-state index contributed by atoms with van der Waals surface area (Å²) in [6, 6.07) is 9.79. The van der Waals surface area contributed by atoms with E-state index in [1.54, 1.807) is 31.5 Å². The molecule has 1 aliphatic heterocycles. The van der Waals surface area contributed by atoms with Crippen LogP contribution in [0.2, 0.25) is 0 Å². The minimum Gasteiger partial charge on any atom is -0.363 e. The summed E-state index contributed by atoms with van der Waals surface area (Å²) in [6.07, 6.45) is 2.77. The summed E-state index contributed by atoms with van der Waals surface area (Å²) in [5.74, 6) is -0.421.